The highest BCUT2D eigenvalue weighted by molar-refractivity contribution is 6.42. The Morgan fingerprint density at radius 3 is 2.46 bits per heavy atom. The Morgan fingerprint density at radius 2 is 1.82 bits per heavy atom. The number of aromatic hydroxyl groups is 1. The SMILES string of the molecule is CC(=NNC(=O)c1ccc(O)cc1)c1c(C)[nH]n(-c2ccc(Cl)c(Cl)c2)c1=O. The number of benzene rings is 2. The van der Waals surface area contributed by atoms with Crippen molar-refractivity contribution in [3.05, 3.63) is 79.7 Å². The van der Waals surface area contributed by atoms with Crippen molar-refractivity contribution in [3.8, 4) is 11.4 Å². The maximum atomic E-state index is 12.8. The van der Waals surface area contributed by atoms with Crippen molar-refractivity contribution in [1.29, 1.82) is 0 Å². The van der Waals surface area contributed by atoms with Gasteiger partial charge in [-0.15, -0.1) is 0 Å². The van der Waals surface area contributed by atoms with Gasteiger partial charge in [-0.1, -0.05) is 23.2 Å². The quantitative estimate of drug-likeness (QED) is 0.445. The number of nitrogens with zero attached hydrogens (tertiary/aromatic N) is 2. The van der Waals surface area contributed by atoms with Crippen LogP contribution in [0, 0.1) is 6.92 Å². The highest BCUT2D eigenvalue weighted by Gasteiger charge is 2.16. The smallest absolute Gasteiger partial charge is 0.280 e. The van der Waals surface area contributed by atoms with Gasteiger partial charge in [-0.25, -0.2) is 10.1 Å². The number of rotatable bonds is 4. The molecule has 0 saturated carbocycles. The molecule has 3 rings (SSSR count). The van der Waals surface area contributed by atoms with Crippen LogP contribution in [-0.4, -0.2) is 26.5 Å². The summed E-state index contributed by atoms with van der Waals surface area (Å²) in [6, 6.07) is 10.6. The molecule has 0 aliphatic heterocycles. The van der Waals surface area contributed by atoms with E-state index < -0.39 is 5.91 Å². The molecule has 1 amide bonds. The van der Waals surface area contributed by atoms with E-state index in [1.54, 1.807) is 32.0 Å². The van der Waals surface area contributed by atoms with Crippen molar-refractivity contribution in [2.45, 2.75) is 13.8 Å². The molecule has 3 N–H and O–H groups in total. The van der Waals surface area contributed by atoms with E-state index in [1.807, 2.05) is 0 Å². The summed E-state index contributed by atoms with van der Waals surface area (Å²) in [4.78, 5) is 25.0. The third kappa shape index (κ3) is 3.95. The fraction of sp³-hybridized carbons (Fsp3) is 0.105. The van der Waals surface area contributed by atoms with E-state index in [4.69, 9.17) is 23.2 Å². The van der Waals surface area contributed by atoms with Crippen LogP contribution in [0.5, 0.6) is 5.75 Å². The molecule has 0 fully saturated rings. The van der Waals surface area contributed by atoms with Crippen LogP contribution in [0.3, 0.4) is 0 Å². The molecule has 0 atom stereocenters. The summed E-state index contributed by atoms with van der Waals surface area (Å²) in [5.41, 5.74) is 4.16. The van der Waals surface area contributed by atoms with E-state index in [0.717, 1.165) is 0 Å². The van der Waals surface area contributed by atoms with Crippen molar-refractivity contribution in [2.24, 2.45) is 5.10 Å². The minimum Gasteiger partial charge on any atom is -0.508 e. The van der Waals surface area contributed by atoms with E-state index in [1.165, 1.54) is 28.9 Å². The van der Waals surface area contributed by atoms with Gasteiger partial charge in [-0.2, -0.15) is 5.10 Å². The first-order valence-corrected chi connectivity index (χ1v) is 8.94. The van der Waals surface area contributed by atoms with Gasteiger partial charge in [-0.05, 0) is 56.3 Å². The minimum atomic E-state index is -0.461. The average molecular weight is 419 g/mol. The van der Waals surface area contributed by atoms with Gasteiger partial charge >= 0.3 is 0 Å². The molecule has 0 saturated heterocycles. The van der Waals surface area contributed by atoms with Crippen molar-refractivity contribution < 1.29 is 9.90 Å². The number of nitrogens with one attached hydrogen (secondary N) is 2. The van der Waals surface area contributed by atoms with Crippen molar-refractivity contribution in [3.63, 3.8) is 0 Å². The summed E-state index contributed by atoms with van der Waals surface area (Å²) in [7, 11) is 0. The summed E-state index contributed by atoms with van der Waals surface area (Å²) < 4.78 is 1.33. The second kappa shape index (κ2) is 7.92. The fourth-order valence-corrected chi connectivity index (χ4v) is 2.94. The molecule has 9 heteroatoms. The lowest BCUT2D eigenvalue weighted by atomic mass is 10.2. The molecule has 2 aromatic carbocycles. The number of hydrogen-bond donors (Lipinski definition) is 3. The predicted octanol–water partition coefficient (Wildman–Crippen LogP) is 3.64. The highest BCUT2D eigenvalue weighted by atomic mass is 35.5. The zero-order valence-corrected chi connectivity index (χ0v) is 16.5. The largest absolute Gasteiger partial charge is 0.508 e. The van der Waals surface area contributed by atoms with Gasteiger partial charge < -0.3 is 5.11 Å². The number of amides is 1. The monoisotopic (exact) mass is 418 g/mol. The van der Waals surface area contributed by atoms with Gasteiger partial charge in [0.25, 0.3) is 11.5 Å². The highest BCUT2D eigenvalue weighted by Crippen LogP contribution is 2.24. The van der Waals surface area contributed by atoms with E-state index >= 15 is 0 Å². The summed E-state index contributed by atoms with van der Waals surface area (Å²) in [5, 5.41) is 17.0. The number of hydrogen-bond acceptors (Lipinski definition) is 4. The Bertz CT molecular complexity index is 1130. The summed E-state index contributed by atoms with van der Waals surface area (Å²) in [6.07, 6.45) is 0. The third-order valence-electron chi connectivity index (χ3n) is 4.05. The Morgan fingerprint density at radius 1 is 1.14 bits per heavy atom. The minimum absolute atomic E-state index is 0.0574. The number of carbonyl (C=O) groups excluding carboxylic acids is 1. The standard InChI is InChI=1S/C19H16Cl2N4O3/c1-10(22-23-18(27)12-3-6-14(26)7-4-12)17-11(2)24-25(19(17)28)13-5-8-15(20)16(21)9-13/h3-9,24,26H,1-2H3,(H,23,27). The molecular weight excluding hydrogens is 403 g/mol. The zero-order valence-electron chi connectivity index (χ0n) is 15.0. The molecule has 0 aliphatic carbocycles. The predicted molar refractivity (Wildman–Crippen MR) is 109 cm³/mol. The average Bonchev–Trinajstić information content (AvgIpc) is 2.96. The van der Waals surface area contributed by atoms with Gasteiger partial charge in [0.2, 0.25) is 0 Å². The van der Waals surface area contributed by atoms with Crippen molar-refractivity contribution >= 4 is 34.8 Å². The van der Waals surface area contributed by atoms with Crippen LogP contribution < -0.4 is 11.0 Å². The van der Waals surface area contributed by atoms with Crippen LogP contribution in [0.25, 0.3) is 5.69 Å². The van der Waals surface area contributed by atoms with Crippen LogP contribution in [0.2, 0.25) is 10.0 Å². The number of H-pyrrole nitrogens is 1. The molecule has 1 aromatic heterocycles. The molecule has 0 spiro atoms. The van der Waals surface area contributed by atoms with Crippen LogP contribution in [0.15, 0.2) is 52.4 Å². The normalized spacial score (nSPS) is 11.5. The van der Waals surface area contributed by atoms with E-state index in [0.29, 0.717) is 38.3 Å². The maximum Gasteiger partial charge on any atom is 0.280 e. The Labute approximate surface area is 170 Å². The van der Waals surface area contributed by atoms with Gasteiger partial charge in [-0.3, -0.25) is 14.7 Å². The number of aromatic nitrogens is 2. The third-order valence-corrected chi connectivity index (χ3v) is 4.79. The van der Waals surface area contributed by atoms with Gasteiger partial charge in [0.05, 0.1) is 27.0 Å². The van der Waals surface area contributed by atoms with E-state index in [-0.39, 0.29) is 11.3 Å². The van der Waals surface area contributed by atoms with Crippen LogP contribution in [-0.2, 0) is 0 Å². The van der Waals surface area contributed by atoms with Gasteiger partial charge in [0.1, 0.15) is 5.75 Å². The molecule has 0 bridgehead atoms. The van der Waals surface area contributed by atoms with Crippen molar-refractivity contribution in [2.75, 3.05) is 0 Å². The summed E-state index contributed by atoms with van der Waals surface area (Å²) in [6.45, 7) is 3.35. The summed E-state index contributed by atoms with van der Waals surface area (Å²) in [5.74, 6) is -0.403. The zero-order chi connectivity index (χ0) is 20.4. The van der Waals surface area contributed by atoms with Crippen LogP contribution >= 0.6 is 23.2 Å². The number of phenols is 1. The molecule has 28 heavy (non-hydrogen) atoms. The fourth-order valence-electron chi connectivity index (χ4n) is 2.65. The number of halogens is 2. The Kier molecular flexibility index (Phi) is 5.58. The first kappa shape index (κ1) is 19.7. The lowest BCUT2D eigenvalue weighted by Gasteiger charge is -2.03. The first-order chi connectivity index (χ1) is 13.3. The number of aromatic amines is 1. The maximum absolute atomic E-state index is 12.8. The molecular formula is C19H16Cl2N4O3. The van der Waals surface area contributed by atoms with E-state index in [9.17, 15) is 14.7 Å². The van der Waals surface area contributed by atoms with Crippen LogP contribution in [0.1, 0.15) is 28.5 Å². The lowest BCUT2D eigenvalue weighted by Crippen LogP contribution is -2.23. The number of aryl methyl sites for hydroxylation is 1. The Balaban J connectivity index is 1.88. The summed E-state index contributed by atoms with van der Waals surface area (Å²) >= 11 is 12.0. The van der Waals surface area contributed by atoms with Gasteiger partial charge in [0, 0.05) is 11.3 Å². The number of phenolic OH excluding ortho intramolecular Hbond substituents is 1. The molecule has 0 unspecified atom stereocenters. The molecule has 0 aliphatic rings. The topological polar surface area (TPSA) is 99.5 Å². The van der Waals surface area contributed by atoms with Crippen LogP contribution in [0.4, 0.5) is 0 Å². The number of hydrazone groups is 1. The first-order valence-electron chi connectivity index (χ1n) is 8.19. The molecule has 144 valence electrons. The molecule has 7 nitrogen and oxygen atoms in total. The second-order valence-electron chi connectivity index (χ2n) is 6.04. The van der Waals surface area contributed by atoms with Crippen molar-refractivity contribution in [1.82, 2.24) is 15.2 Å². The second-order valence-corrected chi connectivity index (χ2v) is 6.85. The van der Waals surface area contributed by atoms with Gasteiger partial charge in [0.15, 0.2) is 0 Å². The van der Waals surface area contributed by atoms with E-state index in [2.05, 4.69) is 15.6 Å². The molecule has 0 radical (unpaired) electrons. The molecule has 3 aromatic rings. The molecule has 1 heterocycles. The lowest BCUT2D eigenvalue weighted by molar-refractivity contribution is 0.0955. The Hall–Kier alpha value is -3.03. The number of carbonyl (C=O) groups is 1.